The van der Waals surface area contributed by atoms with E-state index in [9.17, 15) is 4.79 Å². The molecule has 0 aromatic carbocycles. The van der Waals surface area contributed by atoms with E-state index in [0.717, 1.165) is 6.26 Å². The summed E-state index contributed by atoms with van der Waals surface area (Å²) in [5.41, 5.74) is -0.148. The molecule has 0 saturated heterocycles. The first-order valence-electron chi connectivity index (χ1n) is 2.47. The number of esters is 1. The SMILES string of the molecule is CO/C=C(\C#N)C(=O)OC. The van der Waals surface area contributed by atoms with Crippen LogP contribution < -0.4 is 0 Å². The van der Waals surface area contributed by atoms with Crippen LogP contribution in [0.2, 0.25) is 0 Å². The first-order chi connectivity index (χ1) is 4.76. The number of carbonyl (C=O) groups excluding carboxylic acids is 1. The largest absolute Gasteiger partial charge is 0.503 e. The first kappa shape index (κ1) is 8.50. The molecule has 0 amide bonds. The second-order valence-electron chi connectivity index (χ2n) is 1.37. The van der Waals surface area contributed by atoms with E-state index in [-0.39, 0.29) is 5.57 Å². The van der Waals surface area contributed by atoms with Crippen molar-refractivity contribution in [2.24, 2.45) is 0 Å². The average Bonchev–Trinajstić information content (AvgIpc) is 1.99. The highest BCUT2D eigenvalue weighted by molar-refractivity contribution is 5.92. The fourth-order valence-corrected chi connectivity index (χ4v) is 0.348. The van der Waals surface area contributed by atoms with Gasteiger partial charge in [-0.05, 0) is 0 Å². The van der Waals surface area contributed by atoms with Gasteiger partial charge in [0.05, 0.1) is 14.2 Å². The predicted octanol–water partition coefficient (Wildman–Crippen LogP) is 0.213. The van der Waals surface area contributed by atoms with Crippen molar-refractivity contribution < 1.29 is 14.3 Å². The standard InChI is InChI=1S/C6H7NO3/c1-9-4-5(3-7)6(8)10-2/h4H,1-2H3/b5-4+. The zero-order valence-corrected chi connectivity index (χ0v) is 5.75. The van der Waals surface area contributed by atoms with Crippen molar-refractivity contribution in [3.05, 3.63) is 11.8 Å². The molecule has 0 unspecified atom stereocenters. The van der Waals surface area contributed by atoms with Gasteiger partial charge in [-0.2, -0.15) is 5.26 Å². The van der Waals surface area contributed by atoms with Gasteiger partial charge in [0.15, 0.2) is 5.57 Å². The lowest BCUT2D eigenvalue weighted by Gasteiger charge is -1.93. The average molecular weight is 141 g/mol. The maximum absolute atomic E-state index is 10.5. The van der Waals surface area contributed by atoms with Crippen LogP contribution in [-0.2, 0) is 14.3 Å². The molecule has 0 spiro atoms. The van der Waals surface area contributed by atoms with Gasteiger partial charge in [0.1, 0.15) is 12.3 Å². The fourth-order valence-electron chi connectivity index (χ4n) is 0.348. The zero-order chi connectivity index (χ0) is 7.98. The van der Waals surface area contributed by atoms with Crippen LogP contribution in [0.4, 0.5) is 0 Å². The van der Waals surface area contributed by atoms with Gasteiger partial charge >= 0.3 is 5.97 Å². The number of rotatable bonds is 2. The Labute approximate surface area is 58.7 Å². The van der Waals surface area contributed by atoms with Crippen LogP contribution in [0, 0.1) is 11.3 Å². The molecule has 0 atom stereocenters. The topological polar surface area (TPSA) is 59.3 Å². The maximum Gasteiger partial charge on any atom is 0.351 e. The van der Waals surface area contributed by atoms with Crippen LogP contribution in [0.1, 0.15) is 0 Å². The molecule has 0 heterocycles. The normalized spacial score (nSPS) is 9.90. The summed E-state index contributed by atoms with van der Waals surface area (Å²) in [6, 6.07) is 1.62. The van der Waals surface area contributed by atoms with Gasteiger partial charge in [-0.3, -0.25) is 0 Å². The van der Waals surface area contributed by atoms with Gasteiger partial charge in [0.2, 0.25) is 0 Å². The molecular weight excluding hydrogens is 134 g/mol. The van der Waals surface area contributed by atoms with Crippen molar-refractivity contribution >= 4 is 5.97 Å². The number of carbonyl (C=O) groups is 1. The number of methoxy groups -OCH3 is 2. The summed E-state index contributed by atoms with van der Waals surface area (Å²) in [6.45, 7) is 0. The minimum Gasteiger partial charge on any atom is -0.503 e. The summed E-state index contributed by atoms with van der Waals surface area (Å²) in [4.78, 5) is 10.5. The quantitative estimate of drug-likeness (QED) is 0.239. The molecule has 0 aliphatic rings. The molecule has 0 aromatic heterocycles. The number of ether oxygens (including phenoxy) is 2. The molecule has 0 aliphatic heterocycles. The third kappa shape index (κ3) is 2.18. The molecule has 0 aliphatic carbocycles. The Morgan fingerprint density at radius 2 is 2.20 bits per heavy atom. The summed E-state index contributed by atoms with van der Waals surface area (Å²) in [5.74, 6) is -0.690. The van der Waals surface area contributed by atoms with Crippen LogP contribution in [0.25, 0.3) is 0 Å². The smallest absolute Gasteiger partial charge is 0.351 e. The molecule has 0 bridgehead atoms. The number of nitrogens with zero attached hydrogens (tertiary/aromatic N) is 1. The molecule has 10 heavy (non-hydrogen) atoms. The van der Waals surface area contributed by atoms with E-state index in [1.807, 2.05) is 0 Å². The van der Waals surface area contributed by atoms with E-state index in [2.05, 4.69) is 9.47 Å². The maximum atomic E-state index is 10.5. The minimum atomic E-state index is -0.690. The lowest BCUT2D eigenvalue weighted by atomic mass is 10.3. The third-order valence-electron chi connectivity index (χ3n) is 0.761. The molecule has 4 nitrogen and oxygen atoms in total. The Hall–Kier alpha value is -1.50. The second kappa shape index (κ2) is 4.39. The molecule has 4 heteroatoms. The molecule has 54 valence electrons. The molecule has 0 saturated carbocycles. The van der Waals surface area contributed by atoms with E-state index in [4.69, 9.17) is 5.26 Å². The number of hydrogen-bond donors (Lipinski definition) is 0. The van der Waals surface area contributed by atoms with E-state index >= 15 is 0 Å². The van der Waals surface area contributed by atoms with Crippen LogP contribution in [0.5, 0.6) is 0 Å². The Kier molecular flexibility index (Phi) is 3.73. The third-order valence-corrected chi connectivity index (χ3v) is 0.761. The first-order valence-corrected chi connectivity index (χ1v) is 2.47. The van der Waals surface area contributed by atoms with Gasteiger partial charge in [-0.1, -0.05) is 0 Å². The monoisotopic (exact) mass is 141 g/mol. The van der Waals surface area contributed by atoms with Crippen LogP contribution in [0.3, 0.4) is 0 Å². The molecule has 0 N–H and O–H groups in total. The highest BCUT2D eigenvalue weighted by Crippen LogP contribution is 1.94. The number of hydrogen-bond acceptors (Lipinski definition) is 4. The van der Waals surface area contributed by atoms with Crippen LogP contribution >= 0.6 is 0 Å². The van der Waals surface area contributed by atoms with E-state index in [1.54, 1.807) is 6.07 Å². The van der Waals surface area contributed by atoms with E-state index in [1.165, 1.54) is 14.2 Å². The lowest BCUT2D eigenvalue weighted by molar-refractivity contribution is -0.135. The number of nitriles is 1. The van der Waals surface area contributed by atoms with Crippen molar-refractivity contribution in [1.82, 2.24) is 0 Å². The Bertz CT molecular complexity index is 190. The summed E-state index contributed by atoms with van der Waals surface area (Å²) in [7, 11) is 2.55. The van der Waals surface area contributed by atoms with Gasteiger partial charge < -0.3 is 9.47 Å². The zero-order valence-electron chi connectivity index (χ0n) is 5.75. The molecule has 0 aromatic rings. The molecular formula is C6H7NO3. The Morgan fingerprint density at radius 3 is 2.50 bits per heavy atom. The Balaban J connectivity index is 4.25. The molecule has 0 radical (unpaired) electrons. The summed E-state index contributed by atoms with van der Waals surface area (Å²) in [6.07, 6.45) is 1.03. The van der Waals surface area contributed by atoms with Crippen molar-refractivity contribution in [3.63, 3.8) is 0 Å². The lowest BCUT2D eigenvalue weighted by Crippen LogP contribution is -2.02. The van der Waals surface area contributed by atoms with E-state index in [0.29, 0.717) is 0 Å². The van der Waals surface area contributed by atoms with Gasteiger partial charge in [0.25, 0.3) is 0 Å². The molecule has 0 fully saturated rings. The predicted molar refractivity (Wildman–Crippen MR) is 32.7 cm³/mol. The van der Waals surface area contributed by atoms with Gasteiger partial charge in [0, 0.05) is 0 Å². The summed E-state index contributed by atoms with van der Waals surface area (Å²) >= 11 is 0. The van der Waals surface area contributed by atoms with E-state index < -0.39 is 5.97 Å². The van der Waals surface area contributed by atoms with Crippen molar-refractivity contribution in [1.29, 1.82) is 5.26 Å². The second-order valence-corrected chi connectivity index (χ2v) is 1.37. The summed E-state index contributed by atoms with van der Waals surface area (Å²) < 4.78 is 8.68. The van der Waals surface area contributed by atoms with Crippen molar-refractivity contribution in [3.8, 4) is 6.07 Å². The van der Waals surface area contributed by atoms with Crippen molar-refractivity contribution in [2.45, 2.75) is 0 Å². The van der Waals surface area contributed by atoms with Crippen LogP contribution in [-0.4, -0.2) is 20.2 Å². The minimum absolute atomic E-state index is 0.148. The van der Waals surface area contributed by atoms with Crippen molar-refractivity contribution in [2.75, 3.05) is 14.2 Å². The highest BCUT2D eigenvalue weighted by atomic mass is 16.5. The molecule has 0 rings (SSSR count). The summed E-state index contributed by atoms with van der Waals surface area (Å²) in [5, 5.41) is 8.26. The van der Waals surface area contributed by atoms with Gasteiger partial charge in [-0.25, -0.2) is 4.79 Å². The Morgan fingerprint density at radius 1 is 1.60 bits per heavy atom. The van der Waals surface area contributed by atoms with Gasteiger partial charge in [-0.15, -0.1) is 0 Å². The fraction of sp³-hybridized carbons (Fsp3) is 0.333. The highest BCUT2D eigenvalue weighted by Gasteiger charge is 2.07. The van der Waals surface area contributed by atoms with Crippen LogP contribution in [0.15, 0.2) is 11.8 Å².